The maximum absolute atomic E-state index is 12.6. The fraction of sp³-hybridized carbons (Fsp3) is 0.500. The number of carbonyl (C=O) groups is 1. The summed E-state index contributed by atoms with van der Waals surface area (Å²) in [7, 11) is 0. The molecule has 5 nitrogen and oxygen atoms in total. The second-order valence-electron chi connectivity index (χ2n) is 5.89. The Morgan fingerprint density at radius 2 is 1.96 bits per heavy atom. The molecule has 1 N–H and O–H groups in total. The van der Waals surface area contributed by atoms with Gasteiger partial charge in [0.2, 0.25) is 11.0 Å². The van der Waals surface area contributed by atoms with Crippen LogP contribution in [0.4, 0.5) is 5.13 Å². The van der Waals surface area contributed by atoms with Gasteiger partial charge in [-0.1, -0.05) is 66.8 Å². The highest BCUT2D eigenvalue weighted by Gasteiger charge is 2.15. The first kappa shape index (κ1) is 19.7. The highest BCUT2D eigenvalue weighted by Crippen LogP contribution is 2.25. The van der Waals surface area contributed by atoms with Crippen LogP contribution in [0.1, 0.15) is 37.8 Å². The number of hydrogen-bond donors (Lipinski definition) is 1. The van der Waals surface area contributed by atoms with Gasteiger partial charge in [-0.05, 0) is 25.3 Å². The lowest BCUT2D eigenvalue weighted by Gasteiger charge is -2.22. The number of aromatic nitrogens is 2. The molecule has 0 fully saturated rings. The van der Waals surface area contributed by atoms with Crippen molar-refractivity contribution in [3.05, 3.63) is 35.4 Å². The summed E-state index contributed by atoms with van der Waals surface area (Å²) >= 11 is 2.97. The van der Waals surface area contributed by atoms with Crippen LogP contribution in [-0.4, -0.2) is 39.8 Å². The standard InChI is InChI=1S/C18H26N4OS2/c1-4-10-19-17-20-21-18(25-17)24-13-16(23)22(11-5-2)12-15-8-6-14(3)7-9-15/h6-9H,4-5,10-13H2,1-3H3,(H,19,20). The molecule has 7 heteroatoms. The minimum Gasteiger partial charge on any atom is -0.360 e. The van der Waals surface area contributed by atoms with Crippen molar-refractivity contribution >= 4 is 34.1 Å². The van der Waals surface area contributed by atoms with Gasteiger partial charge in [-0.2, -0.15) is 0 Å². The van der Waals surface area contributed by atoms with Gasteiger partial charge in [0.25, 0.3) is 0 Å². The third-order valence-corrected chi connectivity index (χ3v) is 5.59. The number of nitrogens with one attached hydrogen (secondary N) is 1. The lowest BCUT2D eigenvalue weighted by atomic mass is 10.1. The number of hydrogen-bond acceptors (Lipinski definition) is 6. The first-order valence-electron chi connectivity index (χ1n) is 8.65. The summed E-state index contributed by atoms with van der Waals surface area (Å²) in [5.41, 5.74) is 2.40. The van der Waals surface area contributed by atoms with E-state index in [1.165, 1.54) is 34.2 Å². The number of anilines is 1. The highest BCUT2D eigenvalue weighted by atomic mass is 32.2. The Bertz CT molecular complexity index is 657. The second-order valence-corrected chi connectivity index (χ2v) is 8.09. The largest absolute Gasteiger partial charge is 0.360 e. The van der Waals surface area contributed by atoms with Crippen LogP contribution in [0.25, 0.3) is 0 Å². The van der Waals surface area contributed by atoms with Gasteiger partial charge in [-0.3, -0.25) is 4.79 Å². The Morgan fingerprint density at radius 1 is 1.20 bits per heavy atom. The molecule has 0 aliphatic rings. The smallest absolute Gasteiger partial charge is 0.233 e. The van der Waals surface area contributed by atoms with E-state index in [4.69, 9.17) is 0 Å². The summed E-state index contributed by atoms with van der Waals surface area (Å²) in [4.78, 5) is 14.5. The third kappa shape index (κ3) is 6.66. The molecular weight excluding hydrogens is 352 g/mol. The summed E-state index contributed by atoms with van der Waals surface area (Å²) in [5.74, 6) is 0.541. The van der Waals surface area contributed by atoms with Gasteiger partial charge < -0.3 is 10.2 Å². The maximum atomic E-state index is 12.6. The van der Waals surface area contributed by atoms with Crippen molar-refractivity contribution < 1.29 is 4.79 Å². The lowest BCUT2D eigenvalue weighted by Crippen LogP contribution is -2.32. The van der Waals surface area contributed by atoms with Crippen molar-refractivity contribution in [2.24, 2.45) is 0 Å². The molecule has 136 valence electrons. The minimum atomic E-state index is 0.144. The molecule has 1 aromatic carbocycles. The Balaban J connectivity index is 1.88. The molecule has 0 saturated carbocycles. The molecule has 0 atom stereocenters. The third-order valence-electron chi connectivity index (χ3n) is 3.59. The van der Waals surface area contributed by atoms with Crippen molar-refractivity contribution in [2.75, 3.05) is 24.2 Å². The molecule has 0 bridgehead atoms. The number of nitrogens with zero attached hydrogens (tertiary/aromatic N) is 3. The summed E-state index contributed by atoms with van der Waals surface area (Å²) in [6.45, 7) is 8.59. The van der Waals surface area contributed by atoms with Crippen LogP contribution in [0.15, 0.2) is 28.6 Å². The van der Waals surface area contributed by atoms with E-state index in [1.54, 1.807) is 0 Å². The van der Waals surface area contributed by atoms with Gasteiger partial charge in [0.05, 0.1) is 5.75 Å². The zero-order chi connectivity index (χ0) is 18.1. The summed E-state index contributed by atoms with van der Waals surface area (Å²) in [6.07, 6.45) is 2.00. The molecule has 0 radical (unpaired) electrons. The van der Waals surface area contributed by atoms with Crippen LogP contribution >= 0.6 is 23.1 Å². The molecule has 0 unspecified atom stereocenters. The topological polar surface area (TPSA) is 58.1 Å². The van der Waals surface area contributed by atoms with Crippen LogP contribution in [-0.2, 0) is 11.3 Å². The first-order chi connectivity index (χ1) is 12.1. The molecule has 0 aliphatic carbocycles. The van der Waals surface area contributed by atoms with E-state index < -0.39 is 0 Å². The quantitative estimate of drug-likeness (QED) is 0.628. The molecule has 2 rings (SSSR count). The summed E-state index contributed by atoms with van der Waals surface area (Å²) < 4.78 is 0.832. The van der Waals surface area contributed by atoms with Crippen molar-refractivity contribution in [3.8, 4) is 0 Å². The number of thioether (sulfide) groups is 1. The number of aryl methyl sites for hydroxylation is 1. The number of rotatable bonds is 10. The van der Waals surface area contributed by atoms with E-state index >= 15 is 0 Å². The second kappa shape index (κ2) is 10.4. The fourth-order valence-electron chi connectivity index (χ4n) is 2.26. The van der Waals surface area contributed by atoms with Crippen LogP contribution < -0.4 is 5.32 Å². The number of carbonyl (C=O) groups excluding carboxylic acids is 1. The van der Waals surface area contributed by atoms with E-state index in [0.29, 0.717) is 12.3 Å². The van der Waals surface area contributed by atoms with Gasteiger partial charge in [-0.15, -0.1) is 10.2 Å². The van der Waals surface area contributed by atoms with Crippen molar-refractivity contribution in [1.29, 1.82) is 0 Å². The predicted molar refractivity (Wildman–Crippen MR) is 106 cm³/mol. The number of amides is 1. The SMILES string of the molecule is CCCNc1nnc(SCC(=O)N(CCC)Cc2ccc(C)cc2)s1. The van der Waals surface area contributed by atoms with Crippen LogP contribution in [0.2, 0.25) is 0 Å². The molecule has 25 heavy (non-hydrogen) atoms. The van der Waals surface area contributed by atoms with E-state index in [0.717, 1.165) is 35.4 Å². The Labute approximate surface area is 158 Å². The zero-order valence-corrected chi connectivity index (χ0v) is 16.8. The minimum absolute atomic E-state index is 0.144. The van der Waals surface area contributed by atoms with E-state index in [2.05, 4.69) is 60.6 Å². The van der Waals surface area contributed by atoms with Gasteiger partial charge in [0.1, 0.15) is 0 Å². The van der Waals surface area contributed by atoms with E-state index in [-0.39, 0.29) is 5.91 Å². The summed E-state index contributed by atoms with van der Waals surface area (Å²) in [5, 5.41) is 12.3. The van der Waals surface area contributed by atoms with Crippen LogP contribution in [0.3, 0.4) is 0 Å². The average Bonchev–Trinajstić information content (AvgIpc) is 3.07. The first-order valence-corrected chi connectivity index (χ1v) is 10.5. The fourth-order valence-corrected chi connectivity index (χ4v) is 3.94. The van der Waals surface area contributed by atoms with E-state index in [9.17, 15) is 4.79 Å². The van der Waals surface area contributed by atoms with Gasteiger partial charge in [0.15, 0.2) is 4.34 Å². The maximum Gasteiger partial charge on any atom is 0.233 e. The van der Waals surface area contributed by atoms with Gasteiger partial charge in [0, 0.05) is 19.6 Å². The molecule has 1 heterocycles. The van der Waals surface area contributed by atoms with Gasteiger partial charge >= 0.3 is 0 Å². The molecule has 1 amide bonds. The average molecular weight is 379 g/mol. The van der Waals surface area contributed by atoms with E-state index in [1.807, 2.05) is 4.90 Å². The zero-order valence-electron chi connectivity index (χ0n) is 15.1. The highest BCUT2D eigenvalue weighted by molar-refractivity contribution is 8.01. The molecule has 0 saturated heterocycles. The van der Waals surface area contributed by atoms with Crippen LogP contribution in [0.5, 0.6) is 0 Å². The van der Waals surface area contributed by atoms with Crippen molar-refractivity contribution in [1.82, 2.24) is 15.1 Å². The monoisotopic (exact) mass is 378 g/mol. The molecule has 0 spiro atoms. The molecular formula is C18H26N4OS2. The van der Waals surface area contributed by atoms with Crippen molar-refractivity contribution in [2.45, 2.75) is 44.5 Å². The number of benzene rings is 1. The summed E-state index contributed by atoms with van der Waals surface area (Å²) in [6, 6.07) is 8.36. The normalized spacial score (nSPS) is 10.7. The van der Waals surface area contributed by atoms with Crippen molar-refractivity contribution in [3.63, 3.8) is 0 Å². The molecule has 0 aliphatic heterocycles. The predicted octanol–water partition coefficient (Wildman–Crippen LogP) is 4.20. The Morgan fingerprint density at radius 3 is 2.64 bits per heavy atom. The Kier molecular flexibility index (Phi) is 8.21. The lowest BCUT2D eigenvalue weighted by molar-refractivity contribution is -0.129. The van der Waals surface area contributed by atoms with Crippen LogP contribution in [0, 0.1) is 6.92 Å². The molecule has 1 aromatic heterocycles. The van der Waals surface area contributed by atoms with Gasteiger partial charge in [-0.25, -0.2) is 0 Å². The molecule has 2 aromatic rings. The Hall–Kier alpha value is -1.60.